The zero-order valence-corrected chi connectivity index (χ0v) is 19.0. The molecule has 0 bridgehead atoms. The molecule has 4 heteroatoms. The highest BCUT2D eigenvalue weighted by molar-refractivity contribution is 8.00. The predicted molar refractivity (Wildman–Crippen MR) is 124 cm³/mol. The fourth-order valence-corrected chi connectivity index (χ4v) is 4.34. The number of unbranched alkanes of at least 4 members (excludes halogenated alkanes) is 15. The number of hydrogen-bond acceptors (Lipinski definition) is 2. The van der Waals surface area contributed by atoms with Crippen LogP contribution >= 0.6 is 24.0 Å². The molecular formula is C22H44N2S2. The lowest BCUT2D eigenvalue weighted by molar-refractivity contribution is 0.529. The van der Waals surface area contributed by atoms with E-state index in [-0.39, 0.29) is 0 Å². The largest absolute Gasteiger partial charge is 0.363 e. The monoisotopic (exact) mass is 400 g/mol. The van der Waals surface area contributed by atoms with E-state index < -0.39 is 0 Å². The molecule has 0 radical (unpaired) electrons. The summed E-state index contributed by atoms with van der Waals surface area (Å²) >= 11 is 7.30. The molecule has 0 aromatic rings. The van der Waals surface area contributed by atoms with Gasteiger partial charge in [0.05, 0.1) is 0 Å². The molecule has 1 saturated heterocycles. The molecule has 1 aliphatic rings. The molecule has 0 aromatic carbocycles. The Morgan fingerprint density at radius 3 is 1.54 bits per heavy atom. The van der Waals surface area contributed by atoms with Gasteiger partial charge in [-0.15, -0.1) is 0 Å². The van der Waals surface area contributed by atoms with E-state index in [1.807, 2.05) is 11.8 Å². The fourth-order valence-electron chi connectivity index (χ4n) is 3.43. The lowest BCUT2D eigenvalue weighted by atomic mass is 10.0. The molecule has 0 unspecified atom stereocenters. The maximum Gasteiger partial charge on any atom is 0.166 e. The van der Waals surface area contributed by atoms with E-state index in [1.165, 1.54) is 114 Å². The minimum absolute atomic E-state index is 0.616. The first-order chi connectivity index (χ1) is 12.8. The summed E-state index contributed by atoms with van der Waals surface area (Å²) in [6.45, 7) is 3.33. The Morgan fingerprint density at radius 2 is 1.15 bits per heavy atom. The van der Waals surface area contributed by atoms with Gasteiger partial charge in [-0.25, -0.2) is 0 Å². The summed E-state index contributed by atoms with van der Waals surface area (Å²) in [5.41, 5.74) is 0. The average molecular weight is 401 g/mol. The van der Waals surface area contributed by atoms with E-state index in [9.17, 15) is 0 Å². The second-order valence-corrected chi connectivity index (χ2v) is 9.42. The second-order valence-electron chi connectivity index (χ2n) is 7.94. The van der Waals surface area contributed by atoms with Gasteiger partial charge in [-0.05, 0) is 18.6 Å². The van der Waals surface area contributed by atoms with Crippen molar-refractivity contribution in [3.8, 4) is 0 Å². The first kappa shape index (κ1) is 24.1. The zero-order valence-electron chi connectivity index (χ0n) is 17.3. The molecule has 2 N–H and O–H groups in total. The van der Waals surface area contributed by atoms with Gasteiger partial charge in [0.2, 0.25) is 0 Å². The minimum atomic E-state index is 0.616. The quantitative estimate of drug-likeness (QED) is 0.194. The molecule has 1 heterocycles. The summed E-state index contributed by atoms with van der Waals surface area (Å²) in [7, 11) is 0. The molecule has 0 amide bonds. The average Bonchev–Trinajstić information content (AvgIpc) is 2.61. The van der Waals surface area contributed by atoms with Gasteiger partial charge in [0.15, 0.2) is 5.11 Å². The summed E-state index contributed by atoms with van der Waals surface area (Å²) < 4.78 is 0. The maximum absolute atomic E-state index is 5.31. The van der Waals surface area contributed by atoms with Gasteiger partial charge in [0, 0.05) is 24.1 Å². The van der Waals surface area contributed by atoms with Crippen LogP contribution in [0.15, 0.2) is 0 Å². The van der Waals surface area contributed by atoms with Gasteiger partial charge in [0.25, 0.3) is 0 Å². The van der Waals surface area contributed by atoms with E-state index in [2.05, 4.69) is 17.6 Å². The highest BCUT2D eigenvalue weighted by Gasteiger charge is 2.17. The highest BCUT2D eigenvalue weighted by atomic mass is 32.2. The maximum atomic E-state index is 5.31. The van der Waals surface area contributed by atoms with Crippen LogP contribution in [0, 0.1) is 0 Å². The Kier molecular flexibility index (Phi) is 17.0. The first-order valence-corrected chi connectivity index (χ1v) is 13.0. The lowest BCUT2D eigenvalue weighted by Crippen LogP contribution is -2.48. The van der Waals surface area contributed by atoms with Crippen LogP contribution in [0.4, 0.5) is 0 Å². The Morgan fingerprint density at radius 1 is 0.731 bits per heavy atom. The molecule has 0 atom stereocenters. The smallest absolute Gasteiger partial charge is 0.166 e. The highest BCUT2D eigenvalue weighted by Crippen LogP contribution is 2.17. The molecule has 0 aromatic heterocycles. The van der Waals surface area contributed by atoms with Crippen molar-refractivity contribution >= 4 is 29.1 Å². The fraction of sp³-hybridized carbons (Fsp3) is 0.955. The third kappa shape index (κ3) is 15.1. The van der Waals surface area contributed by atoms with Crippen molar-refractivity contribution < 1.29 is 0 Å². The van der Waals surface area contributed by atoms with Crippen molar-refractivity contribution in [2.24, 2.45) is 0 Å². The number of rotatable bonds is 18. The molecular weight excluding hydrogens is 356 g/mol. The van der Waals surface area contributed by atoms with Crippen molar-refractivity contribution in [1.82, 2.24) is 10.6 Å². The second kappa shape index (κ2) is 18.4. The van der Waals surface area contributed by atoms with Gasteiger partial charge in [-0.1, -0.05) is 103 Å². The summed E-state index contributed by atoms with van der Waals surface area (Å²) in [6, 6.07) is 0.616. The summed E-state index contributed by atoms with van der Waals surface area (Å²) in [5.74, 6) is 2.42. The third-order valence-electron chi connectivity index (χ3n) is 5.29. The number of thioether (sulfide) groups is 1. The SMILES string of the molecule is CCCCCCCCCCCCCCCCCCNC(=S)NC1CSC1. The van der Waals surface area contributed by atoms with E-state index >= 15 is 0 Å². The Hall–Kier alpha value is 0.0400. The molecule has 154 valence electrons. The van der Waals surface area contributed by atoms with Crippen LogP contribution in [0.1, 0.15) is 110 Å². The van der Waals surface area contributed by atoms with Crippen LogP contribution in [0.3, 0.4) is 0 Å². The Balaban J connectivity index is 1.66. The molecule has 0 saturated carbocycles. The summed E-state index contributed by atoms with van der Waals surface area (Å²) in [6.07, 6.45) is 22.8. The van der Waals surface area contributed by atoms with Crippen molar-refractivity contribution in [2.45, 2.75) is 116 Å². The van der Waals surface area contributed by atoms with E-state index in [0.29, 0.717) is 6.04 Å². The van der Waals surface area contributed by atoms with Crippen molar-refractivity contribution in [1.29, 1.82) is 0 Å². The number of thiocarbonyl (C=S) groups is 1. The van der Waals surface area contributed by atoms with Crippen LogP contribution in [0.25, 0.3) is 0 Å². The topological polar surface area (TPSA) is 24.1 Å². The van der Waals surface area contributed by atoms with Crippen LogP contribution in [0.2, 0.25) is 0 Å². The Labute approximate surface area is 173 Å². The van der Waals surface area contributed by atoms with Crippen LogP contribution in [-0.2, 0) is 0 Å². The van der Waals surface area contributed by atoms with Gasteiger partial charge >= 0.3 is 0 Å². The van der Waals surface area contributed by atoms with Gasteiger partial charge in [-0.2, -0.15) is 11.8 Å². The normalized spacial score (nSPS) is 14.2. The molecule has 1 fully saturated rings. The number of hydrogen-bond donors (Lipinski definition) is 2. The standard InChI is InChI=1S/C22H44N2S2/c1-2-3-4-5-6-7-8-9-10-11-12-13-14-15-16-17-18-23-22(25)24-21-19-26-20-21/h21H,2-20H2,1H3,(H2,23,24,25). The van der Waals surface area contributed by atoms with E-state index in [4.69, 9.17) is 12.2 Å². The zero-order chi connectivity index (χ0) is 18.7. The first-order valence-electron chi connectivity index (χ1n) is 11.4. The van der Waals surface area contributed by atoms with Gasteiger partial charge in [0.1, 0.15) is 0 Å². The van der Waals surface area contributed by atoms with Gasteiger partial charge in [-0.3, -0.25) is 0 Å². The van der Waals surface area contributed by atoms with Crippen molar-refractivity contribution in [3.05, 3.63) is 0 Å². The van der Waals surface area contributed by atoms with Crippen molar-refractivity contribution in [2.75, 3.05) is 18.1 Å². The molecule has 0 spiro atoms. The van der Waals surface area contributed by atoms with Gasteiger partial charge < -0.3 is 10.6 Å². The predicted octanol–water partition coefficient (Wildman–Crippen LogP) is 6.83. The summed E-state index contributed by atoms with van der Waals surface area (Å²) in [5, 5.41) is 7.57. The summed E-state index contributed by atoms with van der Waals surface area (Å²) in [4.78, 5) is 0. The van der Waals surface area contributed by atoms with Crippen molar-refractivity contribution in [3.63, 3.8) is 0 Å². The molecule has 1 aliphatic heterocycles. The number of nitrogens with one attached hydrogen (secondary N) is 2. The lowest BCUT2D eigenvalue weighted by Gasteiger charge is -2.27. The molecule has 0 aliphatic carbocycles. The minimum Gasteiger partial charge on any atom is -0.363 e. The van der Waals surface area contributed by atoms with E-state index in [0.717, 1.165) is 11.7 Å². The van der Waals surface area contributed by atoms with Crippen LogP contribution < -0.4 is 10.6 Å². The van der Waals surface area contributed by atoms with E-state index in [1.54, 1.807) is 0 Å². The molecule has 1 rings (SSSR count). The molecule has 26 heavy (non-hydrogen) atoms. The third-order valence-corrected chi connectivity index (χ3v) is 6.83. The van der Waals surface area contributed by atoms with Crippen LogP contribution in [0.5, 0.6) is 0 Å². The Bertz CT molecular complexity index is 319. The van der Waals surface area contributed by atoms with Crippen LogP contribution in [-0.4, -0.2) is 29.2 Å². The molecule has 2 nitrogen and oxygen atoms in total.